The minimum absolute atomic E-state index is 0.552. The average molecular weight is 266 g/mol. The topological polar surface area (TPSA) is 69.9 Å². The Balaban J connectivity index is 2.90. The van der Waals surface area contributed by atoms with Crippen molar-refractivity contribution in [1.82, 2.24) is 0 Å². The summed E-state index contributed by atoms with van der Waals surface area (Å²) in [5, 5.41) is 29.6. The molecule has 3 N–H and O–H groups in total. The van der Waals surface area contributed by atoms with Gasteiger partial charge in [0.1, 0.15) is 0 Å². The van der Waals surface area contributed by atoms with Crippen LogP contribution < -0.4 is 5.46 Å². The molecule has 0 fully saturated rings. The highest BCUT2D eigenvalue weighted by Gasteiger charge is 2.39. The van der Waals surface area contributed by atoms with E-state index in [9.17, 15) is 15.2 Å². The van der Waals surface area contributed by atoms with Crippen LogP contribution >= 0.6 is 0 Å². The van der Waals surface area contributed by atoms with Gasteiger partial charge in [-0.25, -0.2) is 0 Å². The van der Waals surface area contributed by atoms with E-state index in [2.05, 4.69) is 0 Å². The maximum atomic E-state index is 10.1. The molecule has 1 unspecified atom stereocenters. The standard InChI is InChI=1S/C14H23BO4/c1-10(16)11-7-6-8-12(9-11)15(18)19-14(4,5)13(2,3)17/h6-10,16-18H,1-5H3. The molecule has 4 nitrogen and oxygen atoms in total. The van der Waals surface area contributed by atoms with Crippen LogP contribution in [-0.4, -0.2) is 33.6 Å². The lowest BCUT2D eigenvalue weighted by atomic mass is 9.76. The summed E-state index contributed by atoms with van der Waals surface area (Å²) in [6, 6.07) is 6.94. The number of benzene rings is 1. The van der Waals surface area contributed by atoms with Gasteiger partial charge in [0, 0.05) is 0 Å². The fourth-order valence-corrected chi connectivity index (χ4v) is 1.46. The van der Waals surface area contributed by atoms with Crippen LogP contribution in [0.5, 0.6) is 0 Å². The third-order valence-corrected chi connectivity index (χ3v) is 3.56. The Morgan fingerprint density at radius 3 is 2.26 bits per heavy atom. The van der Waals surface area contributed by atoms with Gasteiger partial charge < -0.3 is 19.9 Å². The van der Waals surface area contributed by atoms with E-state index in [1.54, 1.807) is 58.9 Å². The summed E-state index contributed by atoms with van der Waals surface area (Å²) < 4.78 is 5.55. The van der Waals surface area contributed by atoms with Crippen LogP contribution in [0.2, 0.25) is 0 Å². The summed E-state index contributed by atoms with van der Waals surface area (Å²) in [5.74, 6) is 0. The van der Waals surface area contributed by atoms with E-state index in [0.717, 1.165) is 0 Å². The molecule has 0 amide bonds. The highest BCUT2D eigenvalue weighted by Crippen LogP contribution is 2.25. The van der Waals surface area contributed by atoms with Gasteiger partial charge in [0.05, 0.1) is 17.3 Å². The van der Waals surface area contributed by atoms with Crippen LogP contribution in [0.3, 0.4) is 0 Å². The fraction of sp³-hybridized carbons (Fsp3) is 0.571. The quantitative estimate of drug-likeness (QED) is 0.695. The van der Waals surface area contributed by atoms with Crippen molar-refractivity contribution in [2.45, 2.75) is 51.9 Å². The minimum Gasteiger partial charge on any atom is -0.423 e. The van der Waals surface area contributed by atoms with Crippen LogP contribution in [-0.2, 0) is 4.65 Å². The monoisotopic (exact) mass is 266 g/mol. The highest BCUT2D eigenvalue weighted by molar-refractivity contribution is 6.60. The number of hydrogen-bond acceptors (Lipinski definition) is 4. The van der Waals surface area contributed by atoms with E-state index in [0.29, 0.717) is 11.0 Å². The Morgan fingerprint density at radius 2 is 1.79 bits per heavy atom. The van der Waals surface area contributed by atoms with Gasteiger partial charge in [-0.3, -0.25) is 0 Å². The van der Waals surface area contributed by atoms with Crippen molar-refractivity contribution in [2.24, 2.45) is 0 Å². The molecule has 0 aromatic heterocycles. The summed E-state index contributed by atoms with van der Waals surface area (Å²) in [6.45, 7) is 8.36. The van der Waals surface area contributed by atoms with Gasteiger partial charge >= 0.3 is 7.12 Å². The molecule has 5 heteroatoms. The minimum atomic E-state index is -1.15. The summed E-state index contributed by atoms with van der Waals surface area (Å²) in [4.78, 5) is 0. The second-order valence-electron chi connectivity index (χ2n) is 5.89. The Labute approximate surface area is 115 Å². The van der Waals surface area contributed by atoms with Crippen LogP contribution in [0.1, 0.15) is 46.3 Å². The Morgan fingerprint density at radius 1 is 1.21 bits per heavy atom. The number of hydrogen-bond donors (Lipinski definition) is 3. The van der Waals surface area contributed by atoms with E-state index < -0.39 is 24.4 Å². The third kappa shape index (κ3) is 4.04. The summed E-state index contributed by atoms with van der Waals surface area (Å²) >= 11 is 0. The van der Waals surface area contributed by atoms with Gasteiger partial charge in [-0.15, -0.1) is 0 Å². The van der Waals surface area contributed by atoms with E-state index in [-0.39, 0.29) is 0 Å². The van der Waals surface area contributed by atoms with Gasteiger partial charge in [0.15, 0.2) is 0 Å². The first-order valence-corrected chi connectivity index (χ1v) is 6.41. The lowest BCUT2D eigenvalue weighted by molar-refractivity contribution is -0.0982. The maximum absolute atomic E-state index is 10.1. The zero-order chi connectivity index (χ0) is 14.8. The number of aliphatic hydroxyl groups is 2. The molecule has 106 valence electrons. The summed E-state index contributed by atoms with van der Waals surface area (Å²) in [7, 11) is -1.15. The second kappa shape index (κ2) is 5.63. The zero-order valence-corrected chi connectivity index (χ0v) is 12.2. The normalized spacial score (nSPS) is 14.3. The van der Waals surface area contributed by atoms with Crippen molar-refractivity contribution in [3.8, 4) is 0 Å². The lowest BCUT2D eigenvalue weighted by Gasteiger charge is -2.38. The molecule has 0 radical (unpaired) electrons. The molecule has 0 bridgehead atoms. The van der Waals surface area contributed by atoms with E-state index in [1.165, 1.54) is 0 Å². The first-order chi connectivity index (χ1) is 8.54. The first kappa shape index (κ1) is 16.2. The van der Waals surface area contributed by atoms with Gasteiger partial charge in [0.25, 0.3) is 0 Å². The van der Waals surface area contributed by atoms with Crippen molar-refractivity contribution in [3.63, 3.8) is 0 Å². The van der Waals surface area contributed by atoms with Crippen molar-refractivity contribution in [3.05, 3.63) is 29.8 Å². The van der Waals surface area contributed by atoms with Gasteiger partial charge in [0.2, 0.25) is 0 Å². The molecule has 0 saturated heterocycles. The number of aliphatic hydroxyl groups excluding tert-OH is 1. The van der Waals surface area contributed by atoms with Crippen LogP contribution in [0, 0.1) is 0 Å². The number of rotatable bonds is 5. The molecule has 0 aliphatic rings. The van der Waals surface area contributed by atoms with E-state index in [1.807, 2.05) is 0 Å². The summed E-state index contributed by atoms with van der Waals surface area (Å²) in [5.41, 5.74) is -0.736. The van der Waals surface area contributed by atoms with Crippen LogP contribution in [0.4, 0.5) is 0 Å². The van der Waals surface area contributed by atoms with E-state index >= 15 is 0 Å². The zero-order valence-electron chi connectivity index (χ0n) is 12.2. The molecule has 1 aromatic rings. The molecule has 0 aliphatic carbocycles. The van der Waals surface area contributed by atoms with Gasteiger partial charge in [-0.2, -0.15) is 0 Å². The van der Waals surface area contributed by atoms with Crippen molar-refractivity contribution >= 4 is 12.6 Å². The smallest absolute Gasteiger partial charge is 0.423 e. The molecular formula is C14H23BO4. The first-order valence-electron chi connectivity index (χ1n) is 6.41. The van der Waals surface area contributed by atoms with Crippen molar-refractivity contribution < 1.29 is 19.9 Å². The molecule has 19 heavy (non-hydrogen) atoms. The SMILES string of the molecule is CC(O)c1cccc(B(O)OC(C)(C)C(C)(C)O)c1. The molecule has 0 heterocycles. The molecule has 0 aliphatic heterocycles. The lowest BCUT2D eigenvalue weighted by Crippen LogP contribution is -2.53. The molecule has 0 saturated carbocycles. The maximum Gasteiger partial charge on any atom is 0.491 e. The molecule has 1 aromatic carbocycles. The van der Waals surface area contributed by atoms with E-state index in [4.69, 9.17) is 4.65 Å². The Hall–Kier alpha value is -0.875. The third-order valence-electron chi connectivity index (χ3n) is 3.56. The molecular weight excluding hydrogens is 243 g/mol. The molecule has 0 spiro atoms. The fourth-order valence-electron chi connectivity index (χ4n) is 1.46. The van der Waals surface area contributed by atoms with Crippen LogP contribution in [0.15, 0.2) is 24.3 Å². The predicted octanol–water partition coefficient (Wildman–Crippen LogP) is 0.994. The van der Waals surface area contributed by atoms with Crippen molar-refractivity contribution in [2.75, 3.05) is 0 Å². The summed E-state index contributed by atoms with van der Waals surface area (Å²) in [6.07, 6.45) is -0.602. The Kier molecular flexibility index (Phi) is 4.79. The molecule has 1 atom stereocenters. The molecule has 1 rings (SSSR count). The second-order valence-corrected chi connectivity index (χ2v) is 5.89. The Bertz CT molecular complexity index is 424. The van der Waals surface area contributed by atoms with Crippen LogP contribution in [0.25, 0.3) is 0 Å². The van der Waals surface area contributed by atoms with Crippen molar-refractivity contribution in [1.29, 1.82) is 0 Å². The van der Waals surface area contributed by atoms with Gasteiger partial charge in [-0.1, -0.05) is 24.3 Å². The van der Waals surface area contributed by atoms with Gasteiger partial charge in [-0.05, 0) is 45.6 Å². The largest absolute Gasteiger partial charge is 0.491 e. The highest BCUT2D eigenvalue weighted by atomic mass is 16.5. The predicted molar refractivity (Wildman–Crippen MR) is 76.1 cm³/mol. The average Bonchev–Trinajstić information content (AvgIpc) is 2.27.